The van der Waals surface area contributed by atoms with Gasteiger partial charge in [0.25, 0.3) is 0 Å². The maximum atomic E-state index is 11.6. The number of nitrogens with one attached hydrogen (secondary N) is 1. The van der Waals surface area contributed by atoms with Gasteiger partial charge in [0, 0.05) is 19.3 Å². The van der Waals surface area contributed by atoms with Gasteiger partial charge in [-0.3, -0.25) is 4.79 Å². The summed E-state index contributed by atoms with van der Waals surface area (Å²) in [4.78, 5) is 16.0. The number of rotatable bonds is 5. The van der Waals surface area contributed by atoms with Gasteiger partial charge in [-0.15, -0.1) is 0 Å². The molecule has 5 nitrogen and oxygen atoms in total. The maximum Gasteiger partial charge on any atom is 0.312 e. The molecule has 0 spiro atoms. The minimum absolute atomic E-state index is 0.209. The van der Waals surface area contributed by atoms with Gasteiger partial charge < -0.3 is 14.5 Å². The van der Waals surface area contributed by atoms with E-state index in [4.69, 9.17) is 4.74 Å². The van der Waals surface area contributed by atoms with Crippen LogP contribution in [0.2, 0.25) is 0 Å². The van der Waals surface area contributed by atoms with Crippen LogP contribution in [-0.2, 0) is 16.1 Å². The Kier molecular flexibility index (Phi) is 4.09. The number of aryl methyl sites for hydroxylation is 1. The second kappa shape index (κ2) is 5.63. The van der Waals surface area contributed by atoms with E-state index in [1.807, 2.05) is 45.3 Å². The molecule has 0 aliphatic rings. The number of ether oxygens (including phenoxy) is 1. The van der Waals surface area contributed by atoms with Crippen LogP contribution in [0.15, 0.2) is 24.5 Å². The molecular weight excluding hydrogens is 254 g/mol. The van der Waals surface area contributed by atoms with Crippen molar-refractivity contribution in [3.8, 4) is 0 Å². The molecule has 0 atom stereocenters. The third-order valence-corrected chi connectivity index (χ3v) is 3.42. The number of carbonyl (C=O) groups is 1. The lowest BCUT2D eigenvalue weighted by Crippen LogP contribution is -2.36. The number of hydrogen-bond donors (Lipinski definition) is 1. The zero-order chi connectivity index (χ0) is 14.8. The lowest BCUT2D eigenvalue weighted by molar-refractivity contribution is -0.150. The number of imidazole rings is 1. The molecule has 2 aromatic heterocycles. The van der Waals surface area contributed by atoms with Crippen molar-refractivity contribution < 1.29 is 9.53 Å². The summed E-state index contributed by atoms with van der Waals surface area (Å²) in [7, 11) is 1.41. The summed E-state index contributed by atoms with van der Waals surface area (Å²) < 4.78 is 6.86. The van der Waals surface area contributed by atoms with Crippen LogP contribution in [0.25, 0.3) is 5.65 Å². The fraction of sp³-hybridized carbons (Fsp3) is 0.467. The minimum Gasteiger partial charge on any atom is -0.469 e. The standard InChI is InChI=1S/C15H21N3O2/c1-11-6-5-7-18-12(9-17-13(11)18)8-16-10-15(2,3)14(19)20-4/h5-7,9,16H,8,10H2,1-4H3. The van der Waals surface area contributed by atoms with Crippen LogP contribution in [0, 0.1) is 12.3 Å². The number of carbonyl (C=O) groups excluding carboxylic acids is 1. The molecule has 5 heteroatoms. The van der Waals surface area contributed by atoms with E-state index >= 15 is 0 Å². The van der Waals surface area contributed by atoms with Gasteiger partial charge in [0.2, 0.25) is 0 Å². The molecule has 2 aromatic rings. The first kappa shape index (κ1) is 14.5. The smallest absolute Gasteiger partial charge is 0.312 e. The van der Waals surface area contributed by atoms with E-state index in [2.05, 4.69) is 14.7 Å². The van der Waals surface area contributed by atoms with Crippen LogP contribution in [0.4, 0.5) is 0 Å². The Hall–Kier alpha value is -1.88. The zero-order valence-corrected chi connectivity index (χ0v) is 12.4. The van der Waals surface area contributed by atoms with Gasteiger partial charge in [0.05, 0.1) is 24.4 Å². The molecule has 20 heavy (non-hydrogen) atoms. The Bertz CT molecular complexity index is 617. The highest BCUT2D eigenvalue weighted by molar-refractivity contribution is 5.76. The van der Waals surface area contributed by atoms with Gasteiger partial charge >= 0.3 is 5.97 Å². The Balaban J connectivity index is 2.04. The molecular formula is C15H21N3O2. The molecule has 0 bridgehead atoms. The number of pyridine rings is 1. The van der Waals surface area contributed by atoms with Crippen molar-refractivity contribution in [1.82, 2.24) is 14.7 Å². The maximum absolute atomic E-state index is 11.6. The van der Waals surface area contributed by atoms with Gasteiger partial charge in [-0.25, -0.2) is 4.98 Å². The van der Waals surface area contributed by atoms with Crippen molar-refractivity contribution in [2.75, 3.05) is 13.7 Å². The average Bonchev–Trinajstić information content (AvgIpc) is 2.82. The monoisotopic (exact) mass is 275 g/mol. The van der Waals surface area contributed by atoms with E-state index < -0.39 is 5.41 Å². The number of hydrogen-bond acceptors (Lipinski definition) is 4. The van der Waals surface area contributed by atoms with Crippen molar-refractivity contribution in [1.29, 1.82) is 0 Å². The summed E-state index contributed by atoms with van der Waals surface area (Å²) in [5, 5.41) is 3.29. The number of fused-ring (bicyclic) bond motifs is 1. The fourth-order valence-electron chi connectivity index (χ4n) is 2.18. The number of esters is 1. The molecule has 0 aromatic carbocycles. The average molecular weight is 275 g/mol. The molecule has 0 aliphatic carbocycles. The number of methoxy groups -OCH3 is 1. The summed E-state index contributed by atoms with van der Waals surface area (Å²) in [6.45, 7) is 6.98. The summed E-state index contributed by atoms with van der Waals surface area (Å²) in [6, 6.07) is 4.05. The SMILES string of the molecule is COC(=O)C(C)(C)CNCc1cnc2c(C)cccn12. The lowest BCUT2D eigenvalue weighted by atomic mass is 9.94. The molecule has 1 N–H and O–H groups in total. The first-order valence-electron chi connectivity index (χ1n) is 6.66. The van der Waals surface area contributed by atoms with Crippen molar-refractivity contribution in [2.45, 2.75) is 27.3 Å². The largest absolute Gasteiger partial charge is 0.469 e. The van der Waals surface area contributed by atoms with E-state index in [-0.39, 0.29) is 5.97 Å². The molecule has 0 saturated heterocycles. The van der Waals surface area contributed by atoms with Crippen LogP contribution < -0.4 is 5.32 Å². The Morgan fingerprint density at radius 3 is 2.95 bits per heavy atom. The molecule has 0 saturated carbocycles. The molecule has 108 valence electrons. The first-order chi connectivity index (χ1) is 9.45. The van der Waals surface area contributed by atoms with Gasteiger partial charge in [0.15, 0.2) is 0 Å². The number of nitrogens with zero attached hydrogens (tertiary/aromatic N) is 2. The minimum atomic E-state index is -0.537. The van der Waals surface area contributed by atoms with Crippen molar-refractivity contribution in [3.63, 3.8) is 0 Å². The highest BCUT2D eigenvalue weighted by Crippen LogP contribution is 2.16. The molecule has 0 amide bonds. The normalized spacial score (nSPS) is 11.8. The second-order valence-electron chi connectivity index (χ2n) is 5.61. The summed E-state index contributed by atoms with van der Waals surface area (Å²) in [6.07, 6.45) is 3.86. The number of aromatic nitrogens is 2. The topological polar surface area (TPSA) is 55.6 Å². The third kappa shape index (κ3) is 2.82. The van der Waals surface area contributed by atoms with Crippen molar-refractivity contribution in [3.05, 3.63) is 35.8 Å². The van der Waals surface area contributed by atoms with E-state index in [0.29, 0.717) is 13.1 Å². The van der Waals surface area contributed by atoms with Crippen LogP contribution in [0.3, 0.4) is 0 Å². The van der Waals surface area contributed by atoms with Gasteiger partial charge in [-0.2, -0.15) is 0 Å². The summed E-state index contributed by atoms with van der Waals surface area (Å²) in [5.41, 5.74) is 2.65. The zero-order valence-electron chi connectivity index (χ0n) is 12.4. The van der Waals surface area contributed by atoms with Crippen LogP contribution >= 0.6 is 0 Å². The molecule has 0 fully saturated rings. The van der Waals surface area contributed by atoms with E-state index in [1.54, 1.807) is 0 Å². The molecule has 2 rings (SSSR count). The van der Waals surface area contributed by atoms with E-state index in [1.165, 1.54) is 7.11 Å². The highest BCUT2D eigenvalue weighted by atomic mass is 16.5. The van der Waals surface area contributed by atoms with Crippen molar-refractivity contribution in [2.24, 2.45) is 5.41 Å². The van der Waals surface area contributed by atoms with Crippen molar-refractivity contribution >= 4 is 11.6 Å². The van der Waals surface area contributed by atoms with Gasteiger partial charge in [-0.1, -0.05) is 6.07 Å². The predicted molar refractivity (Wildman–Crippen MR) is 77.4 cm³/mol. The summed E-state index contributed by atoms with van der Waals surface area (Å²) in [5.74, 6) is -0.209. The van der Waals surface area contributed by atoms with Crippen LogP contribution in [0.5, 0.6) is 0 Å². The van der Waals surface area contributed by atoms with Gasteiger partial charge in [-0.05, 0) is 32.4 Å². The Morgan fingerprint density at radius 1 is 1.50 bits per heavy atom. The first-order valence-corrected chi connectivity index (χ1v) is 6.66. The predicted octanol–water partition coefficient (Wildman–Crippen LogP) is 1.93. The molecule has 0 unspecified atom stereocenters. The van der Waals surface area contributed by atoms with Gasteiger partial charge in [0.1, 0.15) is 5.65 Å². The summed E-state index contributed by atoms with van der Waals surface area (Å²) >= 11 is 0. The quantitative estimate of drug-likeness (QED) is 0.847. The van der Waals surface area contributed by atoms with Crippen LogP contribution in [-0.4, -0.2) is 29.0 Å². The lowest BCUT2D eigenvalue weighted by Gasteiger charge is -2.21. The Morgan fingerprint density at radius 2 is 2.25 bits per heavy atom. The Labute approximate surface area is 119 Å². The third-order valence-electron chi connectivity index (χ3n) is 3.42. The second-order valence-corrected chi connectivity index (χ2v) is 5.61. The highest BCUT2D eigenvalue weighted by Gasteiger charge is 2.28. The molecule has 0 radical (unpaired) electrons. The molecule has 0 aliphatic heterocycles. The van der Waals surface area contributed by atoms with E-state index in [9.17, 15) is 4.79 Å². The van der Waals surface area contributed by atoms with E-state index in [0.717, 1.165) is 16.9 Å². The fourth-order valence-corrected chi connectivity index (χ4v) is 2.18. The molecule has 2 heterocycles. The van der Waals surface area contributed by atoms with Crippen LogP contribution in [0.1, 0.15) is 25.1 Å².